The fourth-order valence-electron chi connectivity index (χ4n) is 1.37. The monoisotopic (exact) mass is 209 g/mol. The number of rotatable bonds is 5. The summed E-state index contributed by atoms with van der Waals surface area (Å²) >= 11 is 0. The summed E-state index contributed by atoms with van der Waals surface area (Å²) < 4.78 is 25.3. The molecule has 0 aliphatic heterocycles. The predicted octanol–water partition coefficient (Wildman–Crippen LogP) is 0.211. The second-order valence-electron chi connectivity index (χ2n) is 3.66. The fourth-order valence-corrected chi connectivity index (χ4v) is 1.37. The van der Waals surface area contributed by atoms with Gasteiger partial charge in [0.15, 0.2) is 0 Å². The number of nitrogens with one attached hydrogen (secondary N) is 1. The summed E-state index contributed by atoms with van der Waals surface area (Å²) in [5.74, 6) is -5.91. The van der Waals surface area contributed by atoms with E-state index in [-0.39, 0.29) is 6.61 Å². The normalized spacial score (nSPS) is 20.2. The molecule has 1 aliphatic rings. The maximum atomic E-state index is 12.6. The molecule has 0 unspecified atom stereocenters. The van der Waals surface area contributed by atoms with Crippen molar-refractivity contribution in [3.05, 3.63) is 0 Å². The number of alkyl halides is 2. The molecule has 4 nitrogen and oxygen atoms in total. The van der Waals surface area contributed by atoms with Gasteiger partial charge in [-0.2, -0.15) is 8.78 Å². The van der Waals surface area contributed by atoms with E-state index in [0.29, 0.717) is 12.8 Å². The van der Waals surface area contributed by atoms with Gasteiger partial charge < -0.3 is 15.5 Å². The molecule has 0 bridgehead atoms. The Labute approximate surface area is 79.9 Å². The summed E-state index contributed by atoms with van der Waals surface area (Å²) in [6, 6.07) is 0. The van der Waals surface area contributed by atoms with Gasteiger partial charge in [0.2, 0.25) is 0 Å². The van der Waals surface area contributed by atoms with Gasteiger partial charge >= 0.3 is 11.9 Å². The summed E-state index contributed by atoms with van der Waals surface area (Å²) in [5, 5.41) is 19.5. The average Bonchev–Trinajstić information content (AvgIpc) is 2.02. The SMILES string of the molecule is O=C(O)C(F)(F)CNC1(CO)CCC1. The predicted molar refractivity (Wildman–Crippen MR) is 44.3 cm³/mol. The van der Waals surface area contributed by atoms with Crippen molar-refractivity contribution < 1.29 is 23.8 Å². The van der Waals surface area contributed by atoms with E-state index in [1.165, 1.54) is 0 Å². The van der Waals surface area contributed by atoms with Crippen LogP contribution in [0.25, 0.3) is 0 Å². The molecule has 1 fully saturated rings. The number of carbonyl (C=O) groups is 1. The molecule has 1 rings (SSSR count). The van der Waals surface area contributed by atoms with Gasteiger partial charge in [0.1, 0.15) is 0 Å². The van der Waals surface area contributed by atoms with Crippen LogP contribution in [0.2, 0.25) is 0 Å². The fraction of sp³-hybridized carbons (Fsp3) is 0.875. The van der Waals surface area contributed by atoms with Crippen molar-refractivity contribution in [3.63, 3.8) is 0 Å². The van der Waals surface area contributed by atoms with Crippen LogP contribution in [-0.2, 0) is 4.79 Å². The second kappa shape index (κ2) is 3.78. The van der Waals surface area contributed by atoms with Crippen LogP contribution in [0, 0.1) is 0 Å². The zero-order valence-electron chi connectivity index (χ0n) is 7.59. The third-order valence-corrected chi connectivity index (χ3v) is 2.61. The highest BCUT2D eigenvalue weighted by Crippen LogP contribution is 2.31. The molecule has 3 N–H and O–H groups in total. The summed E-state index contributed by atoms with van der Waals surface area (Å²) in [6.07, 6.45) is 2.09. The largest absolute Gasteiger partial charge is 0.477 e. The van der Waals surface area contributed by atoms with Gasteiger partial charge in [0.05, 0.1) is 13.2 Å². The Hall–Kier alpha value is -0.750. The first kappa shape index (κ1) is 11.3. The Morgan fingerprint density at radius 2 is 2.07 bits per heavy atom. The van der Waals surface area contributed by atoms with Crippen molar-refractivity contribution in [3.8, 4) is 0 Å². The molecule has 0 heterocycles. The number of hydrogen-bond acceptors (Lipinski definition) is 3. The highest BCUT2D eigenvalue weighted by Gasteiger charge is 2.43. The lowest BCUT2D eigenvalue weighted by atomic mass is 9.77. The molecule has 0 aromatic rings. The number of aliphatic hydroxyl groups is 1. The van der Waals surface area contributed by atoms with Crippen LogP contribution < -0.4 is 5.32 Å². The quantitative estimate of drug-likeness (QED) is 0.605. The standard InChI is InChI=1S/C8H13F2NO3/c9-8(10,6(13)14)4-11-7(5-12)2-1-3-7/h11-12H,1-5H2,(H,13,14). The van der Waals surface area contributed by atoms with Crippen molar-refractivity contribution in [2.24, 2.45) is 0 Å². The van der Waals surface area contributed by atoms with E-state index in [1.807, 2.05) is 0 Å². The maximum Gasteiger partial charge on any atom is 0.375 e. The summed E-state index contributed by atoms with van der Waals surface area (Å²) in [5.41, 5.74) is -0.682. The van der Waals surface area contributed by atoms with Crippen molar-refractivity contribution in [2.75, 3.05) is 13.2 Å². The molecule has 1 saturated carbocycles. The average molecular weight is 209 g/mol. The van der Waals surface area contributed by atoms with Crippen LogP contribution in [0.4, 0.5) is 8.78 Å². The number of carboxylic acids is 1. The minimum Gasteiger partial charge on any atom is -0.477 e. The van der Waals surface area contributed by atoms with Crippen molar-refractivity contribution >= 4 is 5.97 Å². The Bertz CT molecular complexity index is 223. The molecular weight excluding hydrogens is 196 g/mol. The van der Waals surface area contributed by atoms with Gasteiger partial charge in [-0.05, 0) is 19.3 Å². The highest BCUT2D eigenvalue weighted by molar-refractivity contribution is 5.75. The summed E-state index contributed by atoms with van der Waals surface area (Å²) in [4.78, 5) is 10.1. The number of aliphatic hydroxyl groups excluding tert-OH is 1. The van der Waals surface area contributed by atoms with E-state index in [0.717, 1.165) is 6.42 Å². The molecule has 6 heteroatoms. The first-order valence-electron chi connectivity index (χ1n) is 4.39. The van der Waals surface area contributed by atoms with Gasteiger partial charge in [-0.3, -0.25) is 0 Å². The number of halogens is 2. The minimum atomic E-state index is -3.77. The van der Waals surface area contributed by atoms with Crippen LogP contribution in [0.1, 0.15) is 19.3 Å². The molecule has 14 heavy (non-hydrogen) atoms. The van der Waals surface area contributed by atoms with Gasteiger partial charge in [-0.25, -0.2) is 4.79 Å². The summed E-state index contributed by atoms with van der Waals surface area (Å²) in [6.45, 7) is -1.16. The molecule has 0 amide bonds. The Morgan fingerprint density at radius 1 is 1.50 bits per heavy atom. The third-order valence-electron chi connectivity index (χ3n) is 2.61. The zero-order chi connectivity index (χ0) is 10.8. The zero-order valence-corrected chi connectivity index (χ0v) is 7.59. The molecule has 1 aliphatic carbocycles. The van der Waals surface area contributed by atoms with E-state index in [2.05, 4.69) is 5.32 Å². The lowest BCUT2D eigenvalue weighted by Gasteiger charge is -2.41. The van der Waals surface area contributed by atoms with Crippen LogP contribution in [0.5, 0.6) is 0 Å². The van der Waals surface area contributed by atoms with Crippen molar-refractivity contribution in [1.82, 2.24) is 5.32 Å². The third kappa shape index (κ3) is 2.19. The molecular formula is C8H13F2NO3. The molecule has 0 saturated heterocycles. The molecule has 0 aromatic heterocycles. The highest BCUT2D eigenvalue weighted by atomic mass is 19.3. The number of hydrogen-bond donors (Lipinski definition) is 3. The van der Waals surface area contributed by atoms with E-state index >= 15 is 0 Å². The summed E-state index contributed by atoms with van der Waals surface area (Å²) in [7, 11) is 0. The second-order valence-corrected chi connectivity index (χ2v) is 3.66. The van der Waals surface area contributed by atoms with Crippen LogP contribution >= 0.6 is 0 Å². The Morgan fingerprint density at radius 3 is 2.36 bits per heavy atom. The van der Waals surface area contributed by atoms with Crippen LogP contribution in [0.15, 0.2) is 0 Å². The molecule has 0 aromatic carbocycles. The smallest absolute Gasteiger partial charge is 0.375 e. The number of aliphatic carboxylic acids is 1. The minimum absolute atomic E-state index is 0.233. The van der Waals surface area contributed by atoms with Gasteiger partial charge in [-0.15, -0.1) is 0 Å². The van der Waals surface area contributed by atoms with Crippen LogP contribution in [0.3, 0.4) is 0 Å². The lowest BCUT2D eigenvalue weighted by molar-refractivity contribution is -0.165. The van der Waals surface area contributed by atoms with E-state index in [4.69, 9.17) is 10.2 Å². The van der Waals surface area contributed by atoms with Crippen molar-refractivity contribution in [2.45, 2.75) is 30.7 Å². The first-order chi connectivity index (χ1) is 6.42. The Balaban J connectivity index is 2.43. The topological polar surface area (TPSA) is 69.6 Å². The van der Waals surface area contributed by atoms with Crippen molar-refractivity contribution in [1.29, 1.82) is 0 Å². The molecule has 0 radical (unpaired) electrons. The lowest BCUT2D eigenvalue weighted by Crippen LogP contribution is -2.57. The molecule has 0 atom stereocenters. The molecule has 82 valence electrons. The van der Waals surface area contributed by atoms with Gasteiger partial charge in [0.25, 0.3) is 0 Å². The van der Waals surface area contributed by atoms with E-state index in [1.54, 1.807) is 0 Å². The first-order valence-corrected chi connectivity index (χ1v) is 4.39. The van der Waals surface area contributed by atoms with Gasteiger partial charge in [-0.1, -0.05) is 0 Å². The number of carboxylic acid groups (broad SMARTS) is 1. The van der Waals surface area contributed by atoms with Gasteiger partial charge in [0, 0.05) is 5.54 Å². The van der Waals surface area contributed by atoms with E-state index in [9.17, 15) is 13.6 Å². The van der Waals surface area contributed by atoms with Crippen LogP contribution in [-0.4, -0.2) is 40.8 Å². The van der Waals surface area contributed by atoms with E-state index < -0.39 is 24.0 Å². The molecule has 0 spiro atoms. The maximum absolute atomic E-state index is 12.6. The Kier molecular flexibility index (Phi) is 3.06.